The molecule has 0 fully saturated rings. The van der Waals surface area contributed by atoms with Crippen LogP contribution in [0.4, 0.5) is 0 Å². The lowest BCUT2D eigenvalue weighted by Gasteiger charge is -1.32. The molecule has 0 aliphatic heterocycles. The Kier molecular flexibility index (Phi) is 8.70. The number of hydrogen-bond acceptors (Lipinski definition) is 2. The van der Waals surface area contributed by atoms with Gasteiger partial charge in [0.15, 0.2) is 6.33 Å². The average Bonchev–Trinajstić information content (AvgIpc) is 0.811. The van der Waals surface area contributed by atoms with Gasteiger partial charge in [0, 0.05) is 0 Å². The molecule has 2 nitrogen and oxygen atoms in total. The molecule has 0 bridgehead atoms. The van der Waals surface area contributed by atoms with Crippen molar-refractivity contribution in [3.8, 4) is 0 Å². The second-order valence-electron chi connectivity index (χ2n) is 0.440. The first-order chi connectivity index (χ1) is 1.73. The van der Waals surface area contributed by atoms with Gasteiger partial charge in [-0.2, -0.15) is 0 Å². The van der Waals surface area contributed by atoms with Crippen LogP contribution in [0.2, 0.25) is 0 Å². The highest BCUT2D eigenvalue weighted by Gasteiger charge is 1.59. The second kappa shape index (κ2) is 4.72. The fourth-order valence-corrected chi connectivity index (χ4v) is 0. The fraction of sp³-hybridized carbons (Fsp3) is 0. The van der Waals surface area contributed by atoms with Crippen LogP contribution in [0.25, 0.3) is 0 Å². The summed E-state index contributed by atoms with van der Waals surface area (Å²) in [5.41, 5.74) is 0. The van der Waals surface area contributed by atoms with Gasteiger partial charge in [0.05, 0.1) is 0 Å². The minimum Gasteiger partial charge on any atom is -0.264 e. The van der Waals surface area contributed by atoms with Gasteiger partial charge in [0.2, 0.25) is 0 Å². The quantitative estimate of drug-likeness (QED) is 0.343. The van der Waals surface area contributed by atoms with E-state index >= 15 is 0 Å². The van der Waals surface area contributed by atoms with Crippen LogP contribution in [-0.4, -0.2) is 15.8 Å². The maximum Gasteiger partial charge on any atom is 0.421 e. The standard InChI is InChI=1S/Al.ClH.O2P.2H/c;;1-3-2;;/h;1H;;;. The van der Waals surface area contributed by atoms with Gasteiger partial charge in [-0.3, -0.25) is 9.13 Å². The van der Waals surface area contributed by atoms with E-state index in [4.69, 9.17) is 9.13 Å². The highest BCUT2D eigenvalue weighted by atomic mass is 35.5. The third kappa shape index (κ3) is 67.1. The number of rotatable bonds is 0. The molecular weight excluding hydrogens is 125 g/mol. The highest BCUT2D eigenvalue weighted by Crippen LogP contribution is 1.83. The van der Waals surface area contributed by atoms with E-state index in [1.807, 2.05) is 0 Å². The predicted octanol–water partition coefficient (Wildman–Crippen LogP) is 0.129. The molecule has 0 aliphatic rings. The molecule has 0 rings (SSSR count). The van der Waals surface area contributed by atoms with Crippen molar-refractivity contribution in [3.05, 3.63) is 0 Å². The topological polar surface area (TPSA) is 34.1 Å². The summed E-state index contributed by atoms with van der Waals surface area (Å²) in [5.74, 6) is 0. The molecule has 0 atom stereocenters. The zero-order chi connectivity index (χ0) is 3.58. The highest BCUT2D eigenvalue weighted by molar-refractivity contribution is 7.61. The average molecular weight is 128 g/mol. The zero-order valence-electron chi connectivity index (χ0n) is 2.67. The first-order valence-corrected chi connectivity index (χ1v) is 5.12. The summed E-state index contributed by atoms with van der Waals surface area (Å²) >= 11 is 0.302. The van der Waals surface area contributed by atoms with E-state index < -0.39 is 6.33 Å². The van der Waals surface area contributed by atoms with Gasteiger partial charge in [-0.05, 0) is 0 Å². The number of halogens is 1. The Hall–Kier alpha value is 0.722. The van der Waals surface area contributed by atoms with Crippen molar-refractivity contribution in [2.24, 2.45) is 0 Å². The van der Waals surface area contributed by atoms with Crippen LogP contribution in [0.3, 0.4) is 0 Å². The molecule has 0 heterocycles. The van der Waals surface area contributed by atoms with Crippen LogP contribution in [0.15, 0.2) is 0 Å². The molecule has 0 saturated heterocycles. The summed E-state index contributed by atoms with van der Waals surface area (Å²) in [4.78, 5) is 0. The van der Waals surface area contributed by atoms with E-state index in [1.54, 1.807) is 0 Å². The summed E-state index contributed by atoms with van der Waals surface area (Å²) in [6, 6.07) is 0. The van der Waals surface area contributed by atoms with Crippen molar-refractivity contribution in [2.75, 3.05) is 0 Å². The summed E-state index contributed by atoms with van der Waals surface area (Å²) in [5, 5.41) is 0. The molecule has 0 aromatic rings. The summed E-state index contributed by atoms with van der Waals surface area (Å²) in [7, 11) is 0. The molecule has 0 saturated carbocycles. The maximum absolute atomic E-state index is 9.10. The molecule has 5 heavy (non-hydrogen) atoms. The van der Waals surface area contributed by atoms with Crippen molar-refractivity contribution in [2.45, 2.75) is 0 Å². The first-order valence-electron chi connectivity index (χ1n) is 0.812. The molecular formula is H3AlClO2P. The van der Waals surface area contributed by atoms with Crippen LogP contribution in [-0.2, 0) is 9.13 Å². The van der Waals surface area contributed by atoms with Crippen molar-refractivity contribution in [1.82, 2.24) is 0 Å². The minimum atomic E-state index is -1.98. The lowest BCUT2D eigenvalue weighted by Crippen LogP contribution is -1.22. The Balaban J connectivity index is 0. The van der Waals surface area contributed by atoms with Gasteiger partial charge in [0.1, 0.15) is 0 Å². The van der Waals surface area contributed by atoms with Crippen LogP contribution >= 0.6 is 18.7 Å². The molecule has 30 valence electrons. The molecule has 0 aromatic carbocycles. The molecule has 0 radical (unpaired) electrons. The third-order valence-electron chi connectivity index (χ3n) is 0. The van der Waals surface area contributed by atoms with E-state index in [0.29, 0.717) is 15.8 Å². The summed E-state index contributed by atoms with van der Waals surface area (Å²) < 4.78 is 18.2. The predicted molar refractivity (Wildman–Crippen MR) is 24.1 cm³/mol. The molecule has 0 aromatic heterocycles. The van der Waals surface area contributed by atoms with E-state index in [0.717, 1.165) is 0 Å². The van der Waals surface area contributed by atoms with Crippen molar-refractivity contribution in [1.29, 1.82) is 0 Å². The van der Waals surface area contributed by atoms with Gasteiger partial charge < -0.3 is 0 Å². The second-order valence-corrected chi connectivity index (χ2v) is 3.51. The molecule has 0 amide bonds. The molecule has 0 unspecified atom stereocenters. The summed E-state index contributed by atoms with van der Waals surface area (Å²) in [6.45, 7) is 0. The largest absolute Gasteiger partial charge is 0.421 e. The zero-order valence-corrected chi connectivity index (χ0v) is 6.38. The van der Waals surface area contributed by atoms with E-state index in [1.165, 1.54) is 0 Å². The van der Waals surface area contributed by atoms with Gasteiger partial charge in [0.25, 0.3) is 0 Å². The van der Waals surface area contributed by atoms with Gasteiger partial charge in [-0.1, -0.05) is 0 Å². The van der Waals surface area contributed by atoms with Crippen molar-refractivity contribution in [3.63, 3.8) is 0 Å². The van der Waals surface area contributed by atoms with Crippen LogP contribution in [0.5, 0.6) is 0 Å². The third-order valence-corrected chi connectivity index (χ3v) is 0. The van der Waals surface area contributed by atoms with Crippen LogP contribution in [0, 0.1) is 0 Å². The molecule has 0 spiro atoms. The fourth-order valence-electron chi connectivity index (χ4n) is 0. The Bertz CT molecular complexity index is 58.0. The van der Waals surface area contributed by atoms with E-state index in [2.05, 4.69) is 0 Å². The Morgan fingerprint density at radius 2 is 1.40 bits per heavy atom. The van der Waals surface area contributed by atoms with E-state index in [-0.39, 0.29) is 12.4 Å². The summed E-state index contributed by atoms with van der Waals surface area (Å²) in [6.07, 6.45) is -1.98. The van der Waals surface area contributed by atoms with Crippen LogP contribution in [0.1, 0.15) is 0 Å². The lowest BCUT2D eigenvalue weighted by atomic mass is 15.9. The van der Waals surface area contributed by atoms with E-state index in [9.17, 15) is 0 Å². The van der Waals surface area contributed by atoms with Crippen molar-refractivity contribution >= 4 is 34.6 Å². The Morgan fingerprint density at radius 1 is 1.40 bits per heavy atom. The Morgan fingerprint density at radius 3 is 1.40 bits per heavy atom. The smallest absolute Gasteiger partial charge is 0.264 e. The monoisotopic (exact) mass is 128 g/mol. The van der Waals surface area contributed by atoms with Crippen molar-refractivity contribution < 1.29 is 9.13 Å². The SMILES string of the molecule is Cl.O=[P](=O)[AlH2]. The maximum atomic E-state index is 9.10. The molecule has 5 heteroatoms. The Labute approximate surface area is 44.2 Å². The van der Waals surface area contributed by atoms with Gasteiger partial charge in [-0.15, -0.1) is 12.4 Å². The first kappa shape index (κ1) is 9.21. The molecule has 0 aliphatic carbocycles. The number of hydrogen-bond donors (Lipinski definition) is 0. The van der Waals surface area contributed by atoms with Gasteiger partial charge in [-0.25, -0.2) is 0 Å². The van der Waals surface area contributed by atoms with Gasteiger partial charge >= 0.3 is 15.8 Å². The molecule has 0 N–H and O–H groups in total. The normalized spacial score (nSPS) is 4.80. The lowest BCUT2D eigenvalue weighted by molar-refractivity contribution is 0.526. The van der Waals surface area contributed by atoms with Crippen LogP contribution < -0.4 is 0 Å². The minimum absolute atomic E-state index is 0.